The molecule has 1 amide bonds. The minimum absolute atomic E-state index is 0.0279. The maximum atomic E-state index is 13.6. The zero-order valence-electron chi connectivity index (χ0n) is 16.2. The Balaban J connectivity index is 1.66. The average Bonchev–Trinajstić information content (AvgIpc) is 2.71. The number of benzene rings is 3. The lowest BCUT2D eigenvalue weighted by atomic mass is 10.2. The molecule has 0 bridgehead atoms. The van der Waals surface area contributed by atoms with Crippen LogP contribution in [-0.4, -0.2) is 20.9 Å². The van der Waals surface area contributed by atoms with Crippen molar-refractivity contribution in [1.82, 2.24) is 0 Å². The summed E-state index contributed by atoms with van der Waals surface area (Å²) in [5, 5.41) is 2.01. The molecule has 3 aromatic carbocycles. The highest BCUT2D eigenvalue weighted by atomic mass is 35.5. The van der Waals surface area contributed by atoms with Gasteiger partial charge in [0.2, 0.25) is 0 Å². The zero-order chi connectivity index (χ0) is 22.6. The van der Waals surface area contributed by atoms with Gasteiger partial charge < -0.3 is 10.1 Å². The second-order valence-electron chi connectivity index (χ2n) is 6.50. The van der Waals surface area contributed by atoms with Crippen LogP contribution in [0.5, 0.6) is 5.75 Å². The number of halogens is 3. The van der Waals surface area contributed by atoms with Crippen molar-refractivity contribution < 1.29 is 26.7 Å². The van der Waals surface area contributed by atoms with Crippen LogP contribution in [0.15, 0.2) is 65.6 Å². The number of amides is 1. The van der Waals surface area contributed by atoms with E-state index in [4.69, 9.17) is 16.3 Å². The van der Waals surface area contributed by atoms with Crippen LogP contribution in [0.4, 0.5) is 20.2 Å². The van der Waals surface area contributed by atoms with E-state index in [0.29, 0.717) is 5.69 Å². The van der Waals surface area contributed by atoms with Gasteiger partial charge in [0.25, 0.3) is 15.9 Å². The highest BCUT2D eigenvalue weighted by Gasteiger charge is 2.17. The van der Waals surface area contributed by atoms with Crippen molar-refractivity contribution in [3.63, 3.8) is 0 Å². The molecule has 0 atom stereocenters. The molecule has 6 nitrogen and oxygen atoms in total. The summed E-state index contributed by atoms with van der Waals surface area (Å²) in [5.74, 6) is -2.65. The predicted octanol–water partition coefficient (Wildman–Crippen LogP) is 4.74. The number of carbonyl (C=O) groups is 1. The zero-order valence-corrected chi connectivity index (χ0v) is 17.7. The van der Waals surface area contributed by atoms with Crippen molar-refractivity contribution in [2.24, 2.45) is 0 Å². The lowest BCUT2D eigenvalue weighted by Gasteiger charge is -2.12. The van der Waals surface area contributed by atoms with Gasteiger partial charge in [-0.2, -0.15) is 0 Å². The highest BCUT2D eigenvalue weighted by Crippen LogP contribution is 2.28. The number of rotatable bonds is 7. The van der Waals surface area contributed by atoms with Gasteiger partial charge in [0.15, 0.2) is 6.61 Å². The molecule has 0 saturated carbocycles. The molecule has 3 aromatic rings. The number of carbonyl (C=O) groups excluding carboxylic acids is 1. The quantitative estimate of drug-likeness (QED) is 0.526. The van der Waals surface area contributed by atoms with Gasteiger partial charge in [-0.1, -0.05) is 35.4 Å². The van der Waals surface area contributed by atoms with Crippen molar-refractivity contribution in [1.29, 1.82) is 0 Å². The molecule has 2 N–H and O–H groups in total. The third-order valence-corrected chi connectivity index (χ3v) is 5.78. The molecule has 162 valence electrons. The molecule has 0 unspecified atom stereocenters. The third kappa shape index (κ3) is 5.71. The summed E-state index contributed by atoms with van der Waals surface area (Å²) in [5.41, 5.74) is 0.777. The minimum atomic E-state index is -3.90. The number of nitrogens with one attached hydrogen (secondary N) is 2. The molecule has 0 aliphatic heterocycles. The first kappa shape index (κ1) is 22.5. The number of aryl methyl sites for hydroxylation is 1. The van der Waals surface area contributed by atoms with E-state index in [-0.39, 0.29) is 15.7 Å². The third-order valence-electron chi connectivity index (χ3n) is 4.10. The molecular weight excluding hydrogens is 450 g/mol. The summed E-state index contributed by atoms with van der Waals surface area (Å²) in [6.45, 7) is 1.28. The number of hydrogen-bond acceptors (Lipinski definition) is 4. The largest absolute Gasteiger partial charge is 0.482 e. The monoisotopic (exact) mass is 466 g/mol. The summed E-state index contributed by atoms with van der Waals surface area (Å²) in [4.78, 5) is 11.8. The van der Waals surface area contributed by atoms with Gasteiger partial charge in [0, 0.05) is 5.69 Å². The van der Waals surface area contributed by atoms with E-state index in [2.05, 4.69) is 10.0 Å². The van der Waals surface area contributed by atoms with Crippen LogP contribution in [0.25, 0.3) is 0 Å². The summed E-state index contributed by atoms with van der Waals surface area (Å²) in [6.07, 6.45) is 0. The molecule has 0 fully saturated rings. The first-order chi connectivity index (χ1) is 14.7. The molecule has 0 saturated heterocycles. The number of anilines is 2. The maximum Gasteiger partial charge on any atom is 0.262 e. The fourth-order valence-electron chi connectivity index (χ4n) is 2.54. The Morgan fingerprint density at radius 1 is 1.03 bits per heavy atom. The van der Waals surface area contributed by atoms with Crippen LogP contribution >= 0.6 is 11.6 Å². The SMILES string of the molecule is Cc1ccc(NS(=O)(=O)c2ccc(OCC(=O)Nc3c(F)cccc3F)c(Cl)c2)cc1. The molecule has 10 heteroatoms. The van der Waals surface area contributed by atoms with E-state index < -0.39 is 39.9 Å². The van der Waals surface area contributed by atoms with Gasteiger partial charge in [-0.05, 0) is 49.4 Å². The van der Waals surface area contributed by atoms with Crippen LogP contribution in [-0.2, 0) is 14.8 Å². The first-order valence-electron chi connectivity index (χ1n) is 8.91. The van der Waals surface area contributed by atoms with Gasteiger partial charge in [-0.25, -0.2) is 17.2 Å². The van der Waals surface area contributed by atoms with Crippen molar-refractivity contribution in [3.8, 4) is 5.75 Å². The van der Waals surface area contributed by atoms with Gasteiger partial charge in [0.05, 0.1) is 9.92 Å². The van der Waals surface area contributed by atoms with Crippen LogP contribution in [0, 0.1) is 18.6 Å². The first-order valence-corrected chi connectivity index (χ1v) is 10.8. The predicted molar refractivity (Wildman–Crippen MR) is 114 cm³/mol. The number of hydrogen-bond donors (Lipinski definition) is 2. The standard InChI is InChI=1S/C21H17ClF2N2O4S/c1-13-5-7-14(8-6-13)26-31(28,29)15-9-10-19(16(22)11-15)30-12-20(27)25-21-17(23)3-2-4-18(21)24/h2-11,26H,12H2,1H3,(H,25,27). The molecular formula is C21H17ClF2N2O4S. The summed E-state index contributed by atoms with van der Waals surface area (Å²) in [7, 11) is -3.90. The van der Waals surface area contributed by atoms with Crippen molar-refractivity contribution in [3.05, 3.63) is 82.9 Å². The van der Waals surface area contributed by atoms with E-state index in [1.165, 1.54) is 24.3 Å². The highest BCUT2D eigenvalue weighted by molar-refractivity contribution is 7.92. The molecule has 31 heavy (non-hydrogen) atoms. The lowest BCUT2D eigenvalue weighted by molar-refractivity contribution is -0.118. The van der Waals surface area contributed by atoms with Crippen LogP contribution < -0.4 is 14.8 Å². The molecule has 0 aromatic heterocycles. The Hall–Kier alpha value is -3.17. The van der Waals surface area contributed by atoms with Crippen molar-refractivity contribution >= 4 is 38.9 Å². The second kappa shape index (κ2) is 9.32. The molecule has 0 aliphatic carbocycles. The second-order valence-corrected chi connectivity index (χ2v) is 8.59. The summed E-state index contributed by atoms with van der Waals surface area (Å²) >= 11 is 6.08. The summed E-state index contributed by atoms with van der Waals surface area (Å²) < 4.78 is 59.9. The Morgan fingerprint density at radius 2 is 1.68 bits per heavy atom. The molecule has 0 spiro atoms. The number of ether oxygens (including phenoxy) is 1. The van der Waals surface area contributed by atoms with E-state index in [1.54, 1.807) is 24.3 Å². The van der Waals surface area contributed by atoms with Gasteiger partial charge in [-0.15, -0.1) is 0 Å². The maximum absolute atomic E-state index is 13.6. The minimum Gasteiger partial charge on any atom is -0.482 e. The average molecular weight is 467 g/mol. The fraction of sp³-hybridized carbons (Fsp3) is 0.0952. The molecule has 0 heterocycles. The van der Waals surface area contributed by atoms with Crippen molar-refractivity contribution in [2.45, 2.75) is 11.8 Å². The Morgan fingerprint density at radius 3 is 2.29 bits per heavy atom. The van der Waals surface area contributed by atoms with Gasteiger partial charge >= 0.3 is 0 Å². The van der Waals surface area contributed by atoms with E-state index >= 15 is 0 Å². The Labute approximate surface area is 182 Å². The molecule has 0 aliphatic rings. The van der Waals surface area contributed by atoms with Crippen LogP contribution in [0.2, 0.25) is 5.02 Å². The number of para-hydroxylation sites is 1. The van der Waals surface area contributed by atoms with Gasteiger partial charge in [-0.3, -0.25) is 9.52 Å². The van der Waals surface area contributed by atoms with Crippen LogP contribution in [0.1, 0.15) is 5.56 Å². The normalized spacial score (nSPS) is 11.1. The Bertz CT molecular complexity index is 1200. The molecule has 0 radical (unpaired) electrons. The molecule has 3 rings (SSSR count). The lowest BCUT2D eigenvalue weighted by Crippen LogP contribution is -2.21. The fourth-order valence-corrected chi connectivity index (χ4v) is 3.92. The topological polar surface area (TPSA) is 84.5 Å². The smallest absolute Gasteiger partial charge is 0.262 e. The van der Waals surface area contributed by atoms with E-state index in [9.17, 15) is 22.0 Å². The van der Waals surface area contributed by atoms with E-state index in [0.717, 1.165) is 17.7 Å². The van der Waals surface area contributed by atoms with Crippen molar-refractivity contribution in [2.75, 3.05) is 16.6 Å². The summed E-state index contributed by atoms with van der Waals surface area (Å²) in [6, 6.07) is 13.7. The van der Waals surface area contributed by atoms with Gasteiger partial charge in [0.1, 0.15) is 23.1 Å². The Kier molecular flexibility index (Phi) is 6.77. The van der Waals surface area contributed by atoms with Crippen LogP contribution in [0.3, 0.4) is 0 Å². The van der Waals surface area contributed by atoms with E-state index in [1.807, 2.05) is 6.92 Å². The number of sulfonamides is 1.